The van der Waals surface area contributed by atoms with Crippen molar-refractivity contribution >= 4 is 39.9 Å². The van der Waals surface area contributed by atoms with Crippen LogP contribution < -0.4 is 15.4 Å². The number of halogens is 6. The number of fused-ring (bicyclic) bond motifs is 1. The summed E-state index contributed by atoms with van der Waals surface area (Å²) in [6, 6.07) is 9.17. The van der Waals surface area contributed by atoms with Gasteiger partial charge in [-0.2, -0.15) is 13.2 Å². The molecule has 1 aliphatic heterocycles. The maximum absolute atomic E-state index is 14.2. The van der Waals surface area contributed by atoms with E-state index in [9.17, 15) is 45.1 Å². The van der Waals surface area contributed by atoms with E-state index >= 15 is 0 Å². The summed E-state index contributed by atoms with van der Waals surface area (Å²) in [5.74, 6) is -2.86. The van der Waals surface area contributed by atoms with Gasteiger partial charge in [0.2, 0.25) is 10.0 Å². The molecule has 2 aliphatic rings. The minimum atomic E-state index is -4.55. The number of hydrogen-bond donors (Lipinski definition) is 4. The van der Waals surface area contributed by atoms with Gasteiger partial charge in [-0.15, -0.1) is 12.4 Å². The summed E-state index contributed by atoms with van der Waals surface area (Å²) < 4.78 is 95.7. The molecule has 1 aliphatic carbocycles. The van der Waals surface area contributed by atoms with Crippen molar-refractivity contribution in [3.63, 3.8) is 0 Å². The fourth-order valence-electron chi connectivity index (χ4n) is 7.21. The van der Waals surface area contributed by atoms with Crippen LogP contribution in [-0.4, -0.2) is 67.8 Å². The van der Waals surface area contributed by atoms with Crippen LogP contribution in [0.4, 0.5) is 27.6 Å². The topological polar surface area (TPSA) is 128 Å². The Morgan fingerprint density at radius 1 is 1.00 bits per heavy atom. The highest BCUT2D eigenvalue weighted by molar-refractivity contribution is 7.92. The van der Waals surface area contributed by atoms with Crippen molar-refractivity contribution in [3.05, 3.63) is 99.6 Å². The van der Waals surface area contributed by atoms with Crippen molar-refractivity contribution in [1.29, 1.82) is 0 Å². The summed E-state index contributed by atoms with van der Waals surface area (Å²) in [7, 11) is -3.83. The Kier molecular flexibility index (Phi) is 13.8. The number of carbonyl (C=O) groups excluding carboxylic acids is 2. The third kappa shape index (κ3) is 10.5. The molecule has 3 aromatic carbocycles. The molecule has 1 fully saturated rings. The van der Waals surface area contributed by atoms with Gasteiger partial charge in [0.15, 0.2) is 0 Å². The zero-order chi connectivity index (χ0) is 38.7. The normalized spacial score (nSPS) is 16.3. The Hall–Kier alpha value is -3.79. The van der Waals surface area contributed by atoms with Gasteiger partial charge in [-0.05, 0) is 91.6 Å². The highest BCUT2D eigenvalue weighted by atomic mass is 35.5. The van der Waals surface area contributed by atoms with Crippen LogP contribution in [0.25, 0.3) is 0 Å². The lowest BCUT2D eigenvalue weighted by Crippen LogP contribution is -2.50. The molecule has 2 atom stereocenters. The summed E-state index contributed by atoms with van der Waals surface area (Å²) in [4.78, 5) is 29.9. The predicted molar refractivity (Wildman–Crippen MR) is 198 cm³/mol. The molecule has 0 unspecified atom stereocenters. The van der Waals surface area contributed by atoms with Gasteiger partial charge in [0.05, 0.1) is 29.7 Å². The molecule has 0 spiro atoms. The summed E-state index contributed by atoms with van der Waals surface area (Å²) >= 11 is 0. The second-order valence-corrected chi connectivity index (χ2v) is 15.8. The van der Waals surface area contributed by atoms with E-state index in [4.69, 9.17) is 0 Å². The van der Waals surface area contributed by atoms with Crippen molar-refractivity contribution < 1.29 is 45.1 Å². The standard InChI is InChI=1S/C38H45F5N4O5S.ClH/c1-4-7-29(8-5-2)47-14-11-30-31(20-28(46-53(3,51)52)21-32(30)36(47)50)35(49)45-33(17-23-15-26(39)19-27(40)16-23)34(48)22-44-37(12-13-37)24-9-6-10-25(18-24)38(41,42)43;/h6,9-10,15-16,18-21,29,33-34,44,46,48H,4-5,7-8,11-14,17,22H2,1-3H3,(H,45,49);1H/t33-,34+;/m0./s1. The first-order chi connectivity index (χ1) is 24.9. The smallest absolute Gasteiger partial charge is 0.390 e. The number of rotatable bonds is 16. The molecule has 4 N–H and O–H groups in total. The van der Waals surface area contributed by atoms with Gasteiger partial charge in [-0.25, -0.2) is 17.2 Å². The summed E-state index contributed by atoms with van der Waals surface area (Å²) in [5.41, 5.74) is -0.650. The van der Waals surface area contributed by atoms with Crippen LogP contribution in [0.1, 0.15) is 95.3 Å². The zero-order valence-electron chi connectivity index (χ0n) is 30.2. The molecule has 9 nitrogen and oxygen atoms in total. The fraction of sp³-hybridized carbons (Fsp3) is 0.474. The van der Waals surface area contributed by atoms with Crippen molar-refractivity contribution in [3.8, 4) is 0 Å². The number of sulfonamides is 1. The van der Waals surface area contributed by atoms with E-state index in [-0.39, 0.29) is 66.1 Å². The first-order valence-corrected chi connectivity index (χ1v) is 19.6. The second-order valence-electron chi connectivity index (χ2n) is 14.1. The van der Waals surface area contributed by atoms with Gasteiger partial charge in [0, 0.05) is 41.9 Å². The lowest BCUT2D eigenvalue weighted by atomic mass is 9.90. The second kappa shape index (κ2) is 17.3. The van der Waals surface area contributed by atoms with Crippen LogP contribution in [0.2, 0.25) is 0 Å². The first kappa shape index (κ1) is 42.9. The van der Waals surface area contributed by atoms with E-state index in [0.717, 1.165) is 56.2 Å². The van der Waals surface area contributed by atoms with E-state index in [0.29, 0.717) is 36.6 Å². The molecular formula is C38H46ClF5N4O5S. The predicted octanol–water partition coefficient (Wildman–Crippen LogP) is 6.72. The van der Waals surface area contributed by atoms with E-state index < -0.39 is 57.0 Å². The molecule has 2 amide bonds. The number of aliphatic hydroxyl groups is 1. The SMILES string of the molecule is CCCC(CCC)N1CCc2c(C(=O)N[C@@H](Cc3cc(F)cc(F)c3)[C@H](O)CNC3(c4cccc(C(F)(F)F)c4)CC3)cc(NS(C)(=O)=O)cc2C1=O.Cl. The highest BCUT2D eigenvalue weighted by Crippen LogP contribution is 2.46. The number of carbonyl (C=O) groups is 2. The first-order valence-electron chi connectivity index (χ1n) is 17.8. The van der Waals surface area contributed by atoms with E-state index in [1.54, 1.807) is 11.0 Å². The lowest BCUT2D eigenvalue weighted by Gasteiger charge is -2.36. The largest absolute Gasteiger partial charge is 0.416 e. The maximum Gasteiger partial charge on any atom is 0.416 e. The van der Waals surface area contributed by atoms with Gasteiger partial charge in [-0.3, -0.25) is 14.3 Å². The fourth-order valence-corrected chi connectivity index (χ4v) is 7.75. The van der Waals surface area contributed by atoms with E-state index in [2.05, 4.69) is 15.4 Å². The average Bonchev–Trinajstić information content (AvgIpc) is 3.87. The Balaban J connectivity index is 0.00000650. The third-order valence-corrected chi connectivity index (χ3v) is 10.5. The minimum absolute atomic E-state index is 0. The number of hydrogen-bond acceptors (Lipinski definition) is 6. The van der Waals surface area contributed by atoms with Gasteiger partial charge in [-0.1, -0.05) is 38.8 Å². The summed E-state index contributed by atoms with van der Waals surface area (Å²) in [6.07, 6.45) is -0.778. The van der Waals surface area contributed by atoms with E-state index in [1.807, 2.05) is 13.8 Å². The Morgan fingerprint density at radius 3 is 2.22 bits per heavy atom. The molecule has 1 heterocycles. The minimum Gasteiger partial charge on any atom is -0.390 e. The number of amides is 2. The van der Waals surface area contributed by atoms with Crippen LogP contribution >= 0.6 is 12.4 Å². The van der Waals surface area contributed by atoms with Crippen molar-refractivity contribution in [2.45, 2.75) is 95.1 Å². The quantitative estimate of drug-likeness (QED) is 0.119. The van der Waals surface area contributed by atoms with Crippen molar-refractivity contribution in [1.82, 2.24) is 15.5 Å². The molecule has 5 rings (SSSR count). The number of anilines is 1. The Labute approximate surface area is 318 Å². The van der Waals surface area contributed by atoms with Gasteiger partial charge >= 0.3 is 6.18 Å². The molecule has 16 heteroatoms. The number of benzene rings is 3. The lowest BCUT2D eigenvalue weighted by molar-refractivity contribution is -0.137. The Morgan fingerprint density at radius 2 is 1.65 bits per heavy atom. The molecule has 1 saturated carbocycles. The highest BCUT2D eigenvalue weighted by Gasteiger charge is 2.45. The van der Waals surface area contributed by atoms with Crippen molar-refractivity contribution in [2.24, 2.45) is 0 Å². The van der Waals surface area contributed by atoms with Crippen LogP contribution in [0, 0.1) is 11.6 Å². The van der Waals surface area contributed by atoms with Gasteiger partial charge < -0.3 is 20.6 Å². The molecule has 0 saturated heterocycles. The number of alkyl halides is 3. The molecule has 3 aromatic rings. The third-order valence-electron chi connectivity index (χ3n) is 9.88. The molecule has 54 heavy (non-hydrogen) atoms. The van der Waals surface area contributed by atoms with Gasteiger partial charge in [0.25, 0.3) is 11.8 Å². The van der Waals surface area contributed by atoms with E-state index in [1.165, 1.54) is 18.2 Å². The van der Waals surface area contributed by atoms with Crippen LogP contribution in [0.3, 0.4) is 0 Å². The Bertz CT molecular complexity index is 1920. The summed E-state index contributed by atoms with van der Waals surface area (Å²) in [6.45, 7) is 4.16. The van der Waals surface area contributed by atoms with Crippen LogP contribution in [0.5, 0.6) is 0 Å². The monoisotopic (exact) mass is 800 g/mol. The van der Waals surface area contributed by atoms with Crippen LogP contribution in [0.15, 0.2) is 54.6 Å². The molecule has 0 radical (unpaired) electrons. The summed E-state index contributed by atoms with van der Waals surface area (Å²) in [5, 5.41) is 17.4. The number of nitrogens with one attached hydrogen (secondary N) is 3. The molecule has 0 aromatic heterocycles. The number of aliphatic hydroxyl groups excluding tert-OH is 1. The molecular weight excluding hydrogens is 755 g/mol. The zero-order valence-corrected chi connectivity index (χ0v) is 31.9. The molecule has 0 bridgehead atoms. The molecule has 296 valence electrons. The van der Waals surface area contributed by atoms with Crippen molar-refractivity contribution in [2.75, 3.05) is 24.1 Å². The van der Waals surface area contributed by atoms with Crippen LogP contribution in [-0.2, 0) is 34.6 Å². The number of nitrogens with zero attached hydrogens (tertiary/aromatic N) is 1. The average molecular weight is 801 g/mol. The maximum atomic E-state index is 14.2. The van der Waals surface area contributed by atoms with Gasteiger partial charge in [0.1, 0.15) is 11.6 Å².